The van der Waals surface area contributed by atoms with E-state index in [0.717, 1.165) is 37.6 Å². The van der Waals surface area contributed by atoms with Crippen LogP contribution < -0.4 is 21.1 Å². The average molecular weight is 616 g/mol. The molecule has 0 amide bonds. The van der Waals surface area contributed by atoms with E-state index in [9.17, 15) is 14.1 Å². The highest BCUT2D eigenvalue weighted by molar-refractivity contribution is 7.92. The van der Waals surface area contributed by atoms with E-state index in [1.807, 2.05) is 32.0 Å². The molecule has 2 saturated heterocycles. The Morgan fingerprint density at radius 2 is 1.89 bits per heavy atom. The molecule has 0 radical (unpaired) electrons. The molecule has 0 bridgehead atoms. The molecule has 6 rings (SSSR count). The first-order chi connectivity index (χ1) is 21.4. The van der Waals surface area contributed by atoms with Gasteiger partial charge in [0.2, 0.25) is 11.0 Å². The standard InChI is InChI=1S/C32H37N7O4S/c1-21(2)44(42)30-23(4-3-11-34-30)20-39-29-24(18-27(31(39)41)28(40)22-9-16-43-17-10-22)19-35-32(37-29)36-25-5-7-26(8-6-25)38-14-12-33-13-15-38/h3-8,11,18-19,21-22,33H,9-10,12-17,20H2,1-2H3,(H,35,36,37). The molecule has 1 atom stereocenters. The topological polar surface area (TPSA) is 137 Å². The molecule has 5 heterocycles. The van der Waals surface area contributed by atoms with Gasteiger partial charge in [-0.1, -0.05) is 0 Å². The van der Waals surface area contributed by atoms with E-state index in [2.05, 4.69) is 37.6 Å². The third kappa shape index (κ3) is 6.48. The van der Waals surface area contributed by atoms with Crippen LogP contribution in [-0.4, -0.2) is 74.5 Å². The van der Waals surface area contributed by atoms with Crippen LogP contribution in [0.15, 0.2) is 64.7 Å². The van der Waals surface area contributed by atoms with Crippen molar-refractivity contribution in [2.75, 3.05) is 49.6 Å². The molecule has 1 unspecified atom stereocenters. The summed E-state index contributed by atoms with van der Waals surface area (Å²) in [7, 11) is 0. The number of fused-ring (bicyclic) bond motifs is 1. The molecule has 0 aliphatic carbocycles. The minimum atomic E-state index is -1.37. The monoisotopic (exact) mass is 615 g/mol. The van der Waals surface area contributed by atoms with Crippen LogP contribution >= 0.6 is 0 Å². The van der Waals surface area contributed by atoms with Crippen LogP contribution in [0.5, 0.6) is 0 Å². The van der Waals surface area contributed by atoms with E-state index in [1.54, 1.807) is 24.5 Å². The molecule has 230 valence electrons. The van der Waals surface area contributed by atoms with Gasteiger partial charge in [-0.3, -0.25) is 14.2 Å². The second-order valence-electron chi connectivity index (χ2n) is 11.4. The first-order valence-corrected chi connectivity index (χ1v) is 16.3. The zero-order chi connectivity index (χ0) is 30.6. The van der Waals surface area contributed by atoms with Crippen LogP contribution in [0.25, 0.3) is 11.0 Å². The minimum Gasteiger partial charge on any atom is -0.610 e. The maximum absolute atomic E-state index is 14.1. The number of rotatable bonds is 9. The summed E-state index contributed by atoms with van der Waals surface area (Å²) in [5.41, 5.74) is 2.63. The van der Waals surface area contributed by atoms with E-state index in [-0.39, 0.29) is 29.1 Å². The lowest BCUT2D eigenvalue weighted by Crippen LogP contribution is -2.43. The molecule has 2 aliphatic rings. The fraction of sp³-hybridized carbons (Fsp3) is 0.406. The number of ketones is 1. The van der Waals surface area contributed by atoms with Gasteiger partial charge in [-0.25, -0.2) is 9.97 Å². The van der Waals surface area contributed by atoms with E-state index >= 15 is 0 Å². The highest BCUT2D eigenvalue weighted by Crippen LogP contribution is 2.25. The molecule has 3 aromatic heterocycles. The van der Waals surface area contributed by atoms with Crippen LogP contribution in [0.3, 0.4) is 0 Å². The summed E-state index contributed by atoms with van der Waals surface area (Å²) in [5, 5.41) is 7.45. The number of carbonyl (C=O) groups is 1. The molecule has 44 heavy (non-hydrogen) atoms. The number of aromatic nitrogens is 4. The first-order valence-electron chi connectivity index (χ1n) is 15.1. The lowest BCUT2D eigenvalue weighted by atomic mass is 9.91. The Labute approximate surface area is 259 Å². The quantitative estimate of drug-likeness (QED) is 0.213. The van der Waals surface area contributed by atoms with Crippen molar-refractivity contribution in [3.63, 3.8) is 0 Å². The fourth-order valence-corrected chi connectivity index (χ4v) is 6.65. The van der Waals surface area contributed by atoms with Gasteiger partial charge < -0.3 is 24.8 Å². The summed E-state index contributed by atoms with van der Waals surface area (Å²) in [4.78, 5) is 43.7. The Hall–Kier alpha value is -3.84. The number of piperazine rings is 1. The number of anilines is 3. The lowest BCUT2D eigenvalue weighted by molar-refractivity contribution is 0.0543. The normalized spacial score (nSPS) is 16.8. The second-order valence-corrected chi connectivity index (χ2v) is 13.3. The number of carbonyl (C=O) groups excluding carboxylic acids is 1. The van der Waals surface area contributed by atoms with Gasteiger partial charge >= 0.3 is 0 Å². The van der Waals surface area contributed by atoms with Gasteiger partial charge in [0.1, 0.15) is 10.9 Å². The zero-order valence-electron chi connectivity index (χ0n) is 25.0. The largest absolute Gasteiger partial charge is 0.610 e. The van der Waals surface area contributed by atoms with E-state index < -0.39 is 16.7 Å². The number of nitrogens with zero attached hydrogens (tertiary/aromatic N) is 5. The lowest BCUT2D eigenvalue weighted by Gasteiger charge is -2.29. The molecular weight excluding hydrogens is 578 g/mol. The third-order valence-electron chi connectivity index (χ3n) is 8.09. The highest BCUT2D eigenvalue weighted by atomic mass is 32.2. The molecule has 12 heteroatoms. The Kier molecular flexibility index (Phi) is 9.22. The minimum absolute atomic E-state index is 0.0572. The molecule has 2 aliphatic heterocycles. The number of hydrogen-bond acceptors (Lipinski definition) is 10. The second kappa shape index (κ2) is 13.4. The van der Waals surface area contributed by atoms with Crippen molar-refractivity contribution in [2.24, 2.45) is 5.92 Å². The first kappa shape index (κ1) is 30.2. The smallest absolute Gasteiger partial charge is 0.263 e. The number of pyridine rings is 2. The van der Waals surface area contributed by atoms with Crippen molar-refractivity contribution in [3.8, 4) is 0 Å². The summed E-state index contributed by atoms with van der Waals surface area (Å²) in [5.74, 6) is -0.157. The van der Waals surface area contributed by atoms with Crippen molar-refractivity contribution in [1.29, 1.82) is 0 Å². The molecular formula is C32H37N7O4S. The maximum atomic E-state index is 14.1. The number of hydrogen-bond donors (Lipinski definition) is 2. The van der Waals surface area contributed by atoms with Gasteiger partial charge in [0.25, 0.3) is 5.56 Å². The van der Waals surface area contributed by atoms with Gasteiger partial charge in [0, 0.05) is 91.2 Å². The van der Waals surface area contributed by atoms with Gasteiger partial charge in [-0.2, -0.15) is 4.98 Å². The van der Waals surface area contributed by atoms with Crippen molar-refractivity contribution in [1.82, 2.24) is 24.8 Å². The number of ether oxygens (including phenoxy) is 1. The SMILES string of the molecule is CC(C)[S+]([O-])c1ncccc1Cn1c(=O)c(C(=O)C2CCOCC2)cc2cnc(Nc3ccc(N4CCNCC4)cc3)nc21. The molecule has 1 aromatic carbocycles. The summed E-state index contributed by atoms with van der Waals surface area (Å²) in [6, 6.07) is 13.3. The predicted molar refractivity (Wildman–Crippen MR) is 171 cm³/mol. The molecule has 0 saturated carbocycles. The van der Waals surface area contributed by atoms with Crippen LogP contribution in [0.4, 0.5) is 17.3 Å². The van der Waals surface area contributed by atoms with Crippen molar-refractivity contribution in [2.45, 2.75) is 43.5 Å². The average Bonchev–Trinajstić information content (AvgIpc) is 3.06. The number of Topliss-reactive ketones (excluding diaryl/α,β-unsaturated/α-hetero) is 1. The Bertz CT molecular complexity index is 1680. The van der Waals surface area contributed by atoms with Crippen LogP contribution in [-0.2, 0) is 22.5 Å². The Morgan fingerprint density at radius 3 is 2.61 bits per heavy atom. The van der Waals surface area contributed by atoms with Crippen molar-refractivity contribution >= 4 is 45.3 Å². The van der Waals surface area contributed by atoms with E-state index in [1.165, 1.54) is 4.57 Å². The third-order valence-corrected chi connectivity index (χ3v) is 9.69. The number of benzene rings is 1. The van der Waals surface area contributed by atoms with Gasteiger partial charge in [0.15, 0.2) is 5.78 Å². The summed E-state index contributed by atoms with van der Waals surface area (Å²) in [6.45, 7) is 8.61. The van der Waals surface area contributed by atoms with Gasteiger partial charge in [-0.15, -0.1) is 0 Å². The molecule has 2 N–H and O–H groups in total. The molecule has 4 aromatic rings. The van der Waals surface area contributed by atoms with Crippen LogP contribution in [0, 0.1) is 5.92 Å². The fourth-order valence-electron chi connectivity index (χ4n) is 5.65. The maximum Gasteiger partial charge on any atom is 0.263 e. The summed E-state index contributed by atoms with van der Waals surface area (Å²) < 4.78 is 20.0. The number of nitrogens with one attached hydrogen (secondary N) is 2. The van der Waals surface area contributed by atoms with Gasteiger partial charge in [-0.05, 0) is 69.2 Å². The molecule has 2 fully saturated rings. The Morgan fingerprint density at radius 1 is 1.14 bits per heavy atom. The predicted octanol–water partition coefficient (Wildman–Crippen LogP) is 3.51. The summed E-state index contributed by atoms with van der Waals surface area (Å²) >= 11 is -1.37. The van der Waals surface area contributed by atoms with E-state index in [4.69, 9.17) is 9.72 Å². The van der Waals surface area contributed by atoms with Crippen molar-refractivity contribution < 1.29 is 14.1 Å². The van der Waals surface area contributed by atoms with Gasteiger partial charge in [0.05, 0.1) is 12.1 Å². The highest BCUT2D eigenvalue weighted by Gasteiger charge is 2.28. The molecule has 11 nitrogen and oxygen atoms in total. The van der Waals surface area contributed by atoms with Crippen LogP contribution in [0.1, 0.15) is 42.6 Å². The van der Waals surface area contributed by atoms with E-state index in [0.29, 0.717) is 53.6 Å². The summed E-state index contributed by atoms with van der Waals surface area (Å²) in [6.07, 6.45) is 4.38. The van der Waals surface area contributed by atoms with Crippen molar-refractivity contribution in [3.05, 3.63) is 76.3 Å². The Balaban J connectivity index is 1.38. The zero-order valence-corrected chi connectivity index (χ0v) is 25.8. The molecule has 0 spiro atoms. The van der Waals surface area contributed by atoms with Crippen LogP contribution in [0.2, 0.25) is 0 Å².